The molecule has 6 heteroatoms. The number of carbonyl (C=O) groups is 2. The van der Waals surface area contributed by atoms with Gasteiger partial charge in [-0.25, -0.2) is 4.39 Å². The average molecular weight is 318 g/mol. The van der Waals surface area contributed by atoms with Crippen molar-refractivity contribution in [3.63, 3.8) is 0 Å². The Balaban J connectivity index is 1.82. The minimum absolute atomic E-state index is 0.149. The third kappa shape index (κ3) is 2.50. The summed E-state index contributed by atoms with van der Waals surface area (Å²) in [5.41, 5.74) is 0.266. The normalized spacial score (nSPS) is 18.6. The number of para-hydroxylation sites is 1. The van der Waals surface area contributed by atoms with E-state index in [4.69, 9.17) is 0 Å². The number of amides is 2. The summed E-state index contributed by atoms with van der Waals surface area (Å²) in [6, 6.07) is 9.13. The smallest absolute Gasteiger partial charge is 0.264 e. The van der Waals surface area contributed by atoms with Gasteiger partial charge in [0, 0.05) is 13.1 Å². The topological polar surface area (TPSA) is 40.6 Å². The molecular weight excluding hydrogens is 303 g/mol. The van der Waals surface area contributed by atoms with Crippen molar-refractivity contribution in [2.24, 2.45) is 0 Å². The molecule has 0 unspecified atom stereocenters. The average Bonchev–Trinajstić information content (AvgIpc) is 3.05. The molecule has 1 aromatic carbocycles. The number of thiophene rings is 1. The van der Waals surface area contributed by atoms with Gasteiger partial charge >= 0.3 is 0 Å². The first-order valence-electron chi connectivity index (χ1n) is 7.00. The molecule has 114 valence electrons. The summed E-state index contributed by atoms with van der Waals surface area (Å²) in [6.07, 6.45) is 0. The number of halogens is 1. The number of anilines is 1. The van der Waals surface area contributed by atoms with Crippen LogP contribution >= 0.6 is 11.3 Å². The van der Waals surface area contributed by atoms with Crippen LogP contribution in [0.3, 0.4) is 0 Å². The lowest BCUT2D eigenvalue weighted by atomic mass is 10.1. The molecule has 1 aromatic heterocycles. The molecule has 0 N–H and O–H groups in total. The summed E-state index contributed by atoms with van der Waals surface area (Å²) in [5, 5.41) is 1.83. The fourth-order valence-corrected chi connectivity index (χ4v) is 3.28. The van der Waals surface area contributed by atoms with E-state index in [2.05, 4.69) is 0 Å². The van der Waals surface area contributed by atoms with Gasteiger partial charge in [0.1, 0.15) is 11.9 Å². The van der Waals surface area contributed by atoms with Crippen molar-refractivity contribution in [1.29, 1.82) is 0 Å². The van der Waals surface area contributed by atoms with Crippen LogP contribution in [0, 0.1) is 5.82 Å². The van der Waals surface area contributed by atoms with E-state index in [0.717, 1.165) is 0 Å². The number of hydrogen-bond donors (Lipinski definition) is 0. The van der Waals surface area contributed by atoms with Crippen molar-refractivity contribution < 1.29 is 14.0 Å². The zero-order valence-corrected chi connectivity index (χ0v) is 12.8. The van der Waals surface area contributed by atoms with Crippen LogP contribution in [0.5, 0.6) is 0 Å². The molecular formula is C16H15FN2O2S. The lowest BCUT2D eigenvalue weighted by Crippen LogP contribution is -2.57. The second kappa shape index (κ2) is 5.88. The lowest BCUT2D eigenvalue weighted by molar-refractivity contribution is -0.124. The first kappa shape index (κ1) is 14.7. The van der Waals surface area contributed by atoms with Crippen LogP contribution in [0.25, 0.3) is 0 Å². The highest BCUT2D eigenvalue weighted by molar-refractivity contribution is 7.12. The maximum atomic E-state index is 13.9. The maximum absolute atomic E-state index is 13.9. The molecule has 1 atom stereocenters. The molecule has 22 heavy (non-hydrogen) atoms. The predicted octanol–water partition coefficient (Wildman–Crippen LogP) is 2.76. The van der Waals surface area contributed by atoms with Gasteiger partial charge in [0.2, 0.25) is 5.91 Å². The third-order valence-corrected chi connectivity index (χ3v) is 4.65. The van der Waals surface area contributed by atoms with Crippen molar-refractivity contribution in [3.8, 4) is 0 Å². The van der Waals surface area contributed by atoms with Crippen LogP contribution in [-0.4, -0.2) is 35.8 Å². The second-order valence-electron chi connectivity index (χ2n) is 5.09. The molecule has 0 radical (unpaired) electrons. The van der Waals surface area contributed by atoms with E-state index in [9.17, 15) is 14.0 Å². The van der Waals surface area contributed by atoms with E-state index in [1.807, 2.05) is 5.38 Å². The van der Waals surface area contributed by atoms with E-state index < -0.39 is 11.9 Å². The third-order valence-electron chi connectivity index (χ3n) is 3.79. The fourth-order valence-electron chi connectivity index (χ4n) is 2.60. The SMILES string of the molecule is C[C@H]1C(=O)N(c2ccccc2F)CCN1C(=O)c1cccs1. The minimum Gasteiger partial charge on any atom is -0.324 e. The zero-order chi connectivity index (χ0) is 15.7. The standard InChI is InChI=1S/C16H15FN2O2S/c1-11-15(20)19(13-6-3-2-5-12(13)17)9-8-18(11)16(21)14-7-4-10-22-14/h2-7,10-11H,8-9H2,1H3/t11-/m0/s1. The molecule has 3 rings (SSSR count). The fraction of sp³-hybridized carbons (Fsp3) is 0.250. The Kier molecular flexibility index (Phi) is 3.94. The van der Waals surface area contributed by atoms with E-state index in [0.29, 0.717) is 18.0 Å². The van der Waals surface area contributed by atoms with E-state index in [-0.39, 0.29) is 17.5 Å². The lowest BCUT2D eigenvalue weighted by Gasteiger charge is -2.39. The molecule has 1 fully saturated rings. The van der Waals surface area contributed by atoms with Gasteiger partial charge in [-0.15, -0.1) is 11.3 Å². The molecule has 1 saturated heterocycles. The maximum Gasteiger partial charge on any atom is 0.264 e. The Hall–Kier alpha value is -2.21. The second-order valence-corrected chi connectivity index (χ2v) is 6.04. The zero-order valence-electron chi connectivity index (χ0n) is 12.0. The molecule has 2 aromatic rings. The van der Waals surface area contributed by atoms with Crippen LogP contribution in [0.1, 0.15) is 16.6 Å². The number of rotatable bonds is 2. The molecule has 2 amide bonds. The van der Waals surface area contributed by atoms with Crippen molar-refractivity contribution in [1.82, 2.24) is 4.90 Å². The quantitative estimate of drug-likeness (QED) is 0.854. The molecule has 2 heterocycles. The molecule has 0 aliphatic carbocycles. The first-order valence-corrected chi connectivity index (χ1v) is 7.88. The monoisotopic (exact) mass is 318 g/mol. The molecule has 0 saturated carbocycles. The first-order chi connectivity index (χ1) is 10.6. The summed E-state index contributed by atoms with van der Waals surface area (Å²) in [7, 11) is 0. The summed E-state index contributed by atoms with van der Waals surface area (Å²) in [5.74, 6) is -0.841. The van der Waals surface area contributed by atoms with Gasteiger partial charge < -0.3 is 9.80 Å². The van der Waals surface area contributed by atoms with Gasteiger partial charge in [0.15, 0.2) is 0 Å². The van der Waals surface area contributed by atoms with E-state index in [1.165, 1.54) is 22.3 Å². The van der Waals surface area contributed by atoms with Gasteiger partial charge in [0.05, 0.1) is 10.6 Å². The van der Waals surface area contributed by atoms with Crippen molar-refractivity contribution in [3.05, 3.63) is 52.5 Å². The molecule has 0 bridgehead atoms. The molecule has 4 nitrogen and oxygen atoms in total. The molecule has 1 aliphatic heterocycles. The number of piperazine rings is 1. The van der Waals surface area contributed by atoms with Crippen LogP contribution in [0.15, 0.2) is 41.8 Å². The van der Waals surface area contributed by atoms with Crippen molar-refractivity contribution >= 4 is 28.8 Å². The number of hydrogen-bond acceptors (Lipinski definition) is 3. The Bertz CT molecular complexity index is 702. The van der Waals surface area contributed by atoms with E-state index >= 15 is 0 Å². The predicted molar refractivity (Wildman–Crippen MR) is 83.6 cm³/mol. The Labute approximate surface area is 131 Å². The highest BCUT2D eigenvalue weighted by atomic mass is 32.1. The van der Waals surface area contributed by atoms with Gasteiger partial charge in [-0.3, -0.25) is 9.59 Å². The number of carbonyl (C=O) groups excluding carboxylic acids is 2. The van der Waals surface area contributed by atoms with Crippen LogP contribution in [-0.2, 0) is 4.79 Å². The Morgan fingerprint density at radius 2 is 2.00 bits per heavy atom. The van der Waals surface area contributed by atoms with E-state index in [1.54, 1.807) is 42.2 Å². The van der Waals surface area contributed by atoms with Crippen LogP contribution < -0.4 is 4.90 Å². The van der Waals surface area contributed by atoms with Gasteiger partial charge in [-0.05, 0) is 30.5 Å². The summed E-state index contributed by atoms with van der Waals surface area (Å²) in [4.78, 5) is 28.5. The molecule has 0 spiro atoms. The largest absolute Gasteiger partial charge is 0.324 e. The molecule has 1 aliphatic rings. The van der Waals surface area contributed by atoms with Crippen molar-refractivity contribution in [2.75, 3.05) is 18.0 Å². The Morgan fingerprint density at radius 1 is 1.23 bits per heavy atom. The van der Waals surface area contributed by atoms with Crippen LogP contribution in [0.2, 0.25) is 0 Å². The highest BCUT2D eigenvalue weighted by Crippen LogP contribution is 2.24. The van der Waals surface area contributed by atoms with Gasteiger partial charge in [-0.1, -0.05) is 18.2 Å². The van der Waals surface area contributed by atoms with Crippen LogP contribution in [0.4, 0.5) is 10.1 Å². The summed E-state index contributed by atoms with van der Waals surface area (Å²) < 4.78 is 13.9. The summed E-state index contributed by atoms with van der Waals surface area (Å²) >= 11 is 1.35. The van der Waals surface area contributed by atoms with Gasteiger partial charge in [0.25, 0.3) is 5.91 Å². The number of benzene rings is 1. The van der Waals surface area contributed by atoms with Crippen molar-refractivity contribution in [2.45, 2.75) is 13.0 Å². The number of nitrogens with zero attached hydrogens (tertiary/aromatic N) is 2. The minimum atomic E-state index is -0.608. The summed E-state index contributed by atoms with van der Waals surface area (Å²) in [6.45, 7) is 2.36. The highest BCUT2D eigenvalue weighted by Gasteiger charge is 2.36. The van der Waals surface area contributed by atoms with Gasteiger partial charge in [-0.2, -0.15) is 0 Å². The Morgan fingerprint density at radius 3 is 2.68 bits per heavy atom.